The lowest BCUT2D eigenvalue weighted by molar-refractivity contribution is -0.00631. The summed E-state index contributed by atoms with van der Waals surface area (Å²) in [6, 6.07) is 0. The van der Waals surface area contributed by atoms with Gasteiger partial charge in [0.15, 0.2) is 0 Å². The first kappa shape index (κ1) is 16.6. The molecular weight excluding hydrogens is 276 g/mol. The van der Waals surface area contributed by atoms with Gasteiger partial charge in [-0.25, -0.2) is 0 Å². The lowest BCUT2D eigenvalue weighted by atomic mass is 9.86. The zero-order chi connectivity index (χ0) is 15.4. The minimum atomic E-state index is -2.35. The minimum Gasteiger partial charge on any atom is -0.377 e. The highest BCUT2D eigenvalue weighted by Crippen LogP contribution is 2.38. The van der Waals surface area contributed by atoms with Crippen LogP contribution in [-0.4, -0.2) is 19.8 Å². The first-order valence-electron chi connectivity index (χ1n) is 8.31. The molecule has 0 atom stereocenters. The third kappa shape index (κ3) is 4.13. The standard InChI is InChI=1S/C18H28O2Si/c1-5-17(13-9-7-10-14-17)19-21(3,4)20-18(6-2)15-11-8-12-16-18/h1-2H,7-16H2,3-4H3. The summed E-state index contributed by atoms with van der Waals surface area (Å²) in [7, 11) is -2.35. The van der Waals surface area contributed by atoms with Gasteiger partial charge in [0.05, 0.1) is 0 Å². The van der Waals surface area contributed by atoms with E-state index in [9.17, 15) is 0 Å². The van der Waals surface area contributed by atoms with Gasteiger partial charge >= 0.3 is 8.56 Å². The molecule has 0 aromatic heterocycles. The van der Waals surface area contributed by atoms with Crippen LogP contribution in [0.4, 0.5) is 0 Å². The molecule has 0 aliphatic heterocycles. The van der Waals surface area contributed by atoms with Crippen LogP contribution < -0.4 is 0 Å². The van der Waals surface area contributed by atoms with Crippen molar-refractivity contribution in [1.82, 2.24) is 0 Å². The molecular formula is C18H28O2Si. The summed E-state index contributed by atoms with van der Waals surface area (Å²) in [6.07, 6.45) is 22.5. The number of terminal acetylenes is 2. The summed E-state index contributed by atoms with van der Waals surface area (Å²) in [5.74, 6) is 5.84. The van der Waals surface area contributed by atoms with Gasteiger partial charge in [-0.1, -0.05) is 24.7 Å². The van der Waals surface area contributed by atoms with E-state index in [0.717, 1.165) is 51.4 Å². The number of hydrogen-bond donors (Lipinski definition) is 0. The van der Waals surface area contributed by atoms with E-state index in [1.54, 1.807) is 0 Å². The topological polar surface area (TPSA) is 18.5 Å². The van der Waals surface area contributed by atoms with Crippen LogP contribution in [0.15, 0.2) is 0 Å². The van der Waals surface area contributed by atoms with Crippen LogP contribution in [0.3, 0.4) is 0 Å². The Kier molecular flexibility index (Phi) is 5.20. The van der Waals surface area contributed by atoms with E-state index in [4.69, 9.17) is 21.7 Å². The van der Waals surface area contributed by atoms with E-state index in [2.05, 4.69) is 24.9 Å². The largest absolute Gasteiger partial charge is 0.377 e. The Labute approximate surface area is 131 Å². The Balaban J connectivity index is 2.07. The molecule has 0 spiro atoms. The molecule has 0 aromatic rings. The summed E-state index contributed by atoms with van der Waals surface area (Å²) in [4.78, 5) is 0. The van der Waals surface area contributed by atoms with Gasteiger partial charge in [0.25, 0.3) is 0 Å². The van der Waals surface area contributed by atoms with Crippen molar-refractivity contribution < 1.29 is 8.85 Å². The van der Waals surface area contributed by atoms with Crippen LogP contribution in [0.1, 0.15) is 64.2 Å². The van der Waals surface area contributed by atoms with Crippen molar-refractivity contribution in [3.8, 4) is 24.7 Å². The summed E-state index contributed by atoms with van der Waals surface area (Å²) < 4.78 is 12.9. The average molecular weight is 305 g/mol. The van der Waals surface area contributed by atoms with Crippen LogP contribution >= 0.6 is 0 Å². The predicted molar refractivity (Wildman–Crippen MR) is 89.0 cm³/mol. The Morgan fingerprint density at radius 3 is 1.33 bits per heavy atom. The number of rotatable bonds is 4. The van der Waals surface area contributed by atoms with Crippen LogP contribution in [0.2, 0.25) is 13.1 Å². The van der Waals surface area contributed by atoms with Gasteiger partial charge in [0.2, 0.25) is 0 Å². The second-order valence-corrected chi connectivity index (χ2v) is 10.2. The highest BCUT2D eigenvalue weighted by molar-refractivity contribution is 6.64. The van der Waals surface area contributed by atoms with Gasteiger partial charge < -0.3 is 8.85 Å². The zero-order valence-corrected chi connectivity index (χ0v) is 14.5. The third-order valence-electron chi connectivity index (χ3n) is 4.73. The Morgan fingerprint density at radius 2 is 1.05 bits per heavy atom. The highest BCUT2D eigenvalue weighted by atomic mass is 28.4. The van der Waals surface area contributed by atoms with E-state index < -0.39 is 19.8 Å². The zero-order valence-electron chi connectivity index (χ0n) is 13.5. The van der Waals surface area contributed by atoms with Crippen LogP contribution in [0, 0.1) is 24.7 Å². The van der Waals surface area contributed by atoms with Gasteiger partial charge in [0.1, 0.15) is 11.2 Å². The molecule has 2 rings (SSSR count). The van der Waals surface area contributed by atoms with E-state index in [1.165, 1.54) is 12.8 Å². The molecule has 2 aliphatic carbocycles. The smallest absolute Gasteiger partial charge is 0.334 e. The second kappa shape index (κ2) is 6.57. The van der Waals surface area contributed by atoms with Crippen molar-refractivity contribution in [2.45, 2.75) is 88.5 Å². The third-order valence-corrected chi connectivity index (χ3v) is 6.50. The van der Waals surface area contributed by atoms with Gasteiger partial charge in [-0.2, -0.15) is 0 Å². The summed E-state index contributed by atoms with van der Waals surface area (Å²) in [5.41, 5.74) is -0.836. The summed E-state index contributed by atoms with van der Waals surface area (Å²) >= 11 is 0. The van der Waals surface area contributed by atoms with Crippen LogP contribution in [0.5, 0.6) is 0 Å². The van der Waals surface area contributed by atoms with E-state index in [1.807, 2.05) is 0 Å². The summed E-state index contributed by atoms with van der Waals surface area (Å²) in [6.45, 7) is 4.18. The maximum absolute atomic E-state index is 6.43. The highest BCUT2D eigenvalue weighted by Gasteiger charge is 2.44. The normalized spacial score (nSPS) is 24.8. The van der Waals surface area contributed by atoms with Crippen molar-refractivity contribution in [2.75, 3.05) is 0 Å². The fraction of sp³-hybridized carbons (Fsp3) is 0.778. The van der Waals surface area contributed by atoms with Gasteiger partial charge in [-0.3, -0.25) is 0 Å². The maximum atomic E-state index is 6.43. The van der Waals surface area contributed by atoms with Crippen molar-refractivity contribution in [2.24, 2.45) is 0 Å². The lowest BCUT2D eigenvalue weighted by Gasteiger charge is -2.43. The lowest BCUT2D eigenvalue weighted by Crippen LogP contribution is -2.52. The predicted octanol–water partition coefficient (Wildman–Crippen LogP) is 4.39. The van der Waals surface area contributed by atoms with Crippen molar-refractivity contribution in [3.63, 3.8) is 0 Å². The van der Waals surface area contributed by atoms with Crippen molar-refractivity contribution in [1.29, 1.82) is 0 Å². The van der Waals surface area contributed by atoms with Gasteiger partial charge in [-0.05, 0) is 64.5 Å². The molecule has 3 heteroatoms. The van der Waals surface area contributed by atoms with E-state index in [-0.39, 0.29) is 0 Å². The maximum Gasteiger partial charge on any atom is 0.334 e. The molecule has 2 saturated carbocycles. The Morgan fingerprint density at radius 1 is 0.714 bits per heavy atom. The molecule has 2 fully saturated rings. The van der Waals surface area contributed by atoms with E-state index in [0.29, 0.717) is 0 Å². The molecule has 0 unspecified atom stereocenters. The fourth-order valence-electron chi connectivity index (χ4n) is 3.76. The molecule has 0 heterocycles. The summed E-state index contributed by atoms with van der Waals surface area (Å²) in [5, 5.41) is 0. The molecule has 116 valence electrons. The molecule has 2 nitrogen and oxygen atoms in total. The fourth-order valence-corrected chi connectivity index (χ4v) is 6.21. The minimum absolute atomic E-state index is 0.418. The number of hydrogen-bond acceptors (Lipinski definition) is 2. The Bertz CT molecular complexity index is 389. The SMILES string of the molecule is C#CC1(O[Si](C)(C)OC2(C#C)CCCCC2)CCCCC1. The molecule has 0 radical (unpaired) electrons. The second-order valence-electron chi connectivity index (χ2n) is 7.00. The molecule has 0 saturated heterocycles. The molecule has 0 amide bonds. The Hall–Kier alpha value is -0.743. The molecule has 21 heavy (non-hydrogen) atoms. The monoisotopic (exact) mass is 304 g/mol. The first-order chi connectivity index (χ1) is 9.95. The first-order valence-corrected chi connectivity index (χ1v) is 11.1. The average Bonchev–Trinajstić information content (AvgIpc) is 2.48. The van der Waals surface area contributed by atoms with Crippen molar-refractivity contribution in [3.05, 3.63) is 0 Å². The molecule has 0 N–H and O–H groups in total. The van der Waals surface area contributed by atoms with Gasteiger partial charge in [0, 0.05) is 0 Å². The molecule has 0 bridgehead atoms. The van der Waals surface area contributed by atoms with Crippen LogP contribution in [0.25, 0.3) is 0 Å². The molecule has 0 aromatic carbocycles. The van der Waals surface area contributed by atoms with Crippen LogP contribution in [-0.2, 0) is 8.85 Å². The van der Waals surface area contributed by atoms with Gasteiger partial charge in [-0.15, -0.1) is 12.8 Å². The molecule has 2 aliphatic rings. The van der Waals surface area contributed by atoms with E-state index >= 15 is 0 Å². The quantitative estimate of drug-likeness (QED) is 0.566. The van der Waals surface area contributed by atoms with Crippen molar-refractivity contribution >= 4 is 8.56 Å².